The van der Waals surface area contributed by atoms with Crippen LogP contribution in [0.2, 0.25) is 0 Å². The molecule has 1 fully saturated rings. The molecule has 1 aromatic rings. The van der Waals surface area contributed by atoms with Crippen molar-refractivity contribution < 1.29 is 28.8 Å². The van der Waals surface area contributed by atoms with Crippen LogP contribution in [0.1, 0.15) is 18.6 Å². The highest BCUT2D eigenvalue weighted by molar-refractivity contribution is 5.22. The lowest BCUT2D eigenvalue weighted by atomic mass is 9.98. The van der Waals surface area contributed by atoms with Crippen LogP contribution in [0.3, 0.4) is 0 Å². The van der Waals surface area contributed by atoms with Crippen LogP contribution in [0.15, 0.2) is 18.2 Å². The van der Waals surface area contributed by atoms with Crippen LogP contribution >= 0.6 is 0 Å². The summed E-state index contributed by atoms with van der Waals surface area (Å²) in [6, 6.07) is 2.60. The van der Waals surface area contributed by atoms with Gasteiger partial charge < -0.3 is 20.1 Å². The first-order chi connectivity index (χ1) is 8.40. The fraction of sp³-hybridized carbons (Fsp3) is 0.500. The second-order valence-electron chi connectivity index (χ2n) is 4.43. The van der Waals surface area contributed by atoms with E-state index < -0.39 is 42.2 Å². The molecule has 0 aliphatic carbocycles. The van der Waals surface area contributed by atoms with Crippen LogP contribution in [0, 0.1) is 11.6 Å². The molecule has 1 aliphatic rings. The fourth-order valence-corrected chi connectivity index (χ4v) is 2.08. The Hall–Kier alpha value is -1.08. The number of aliphatic hydroxyl groups excluding tert-OH is 3. The van der Waals surface area contributed by atoms with Crippen molar-refractivity contribution in [3.8, 4) is 0 Å². The number of halogens is 2. The second kappa shape index (κ2) is 4.89. The van der Waals surface area contributed by atoms with E-state index in [4.69, 9.17) is 4.74 Å². The minimum atomic E-state index is -1.41. The summed E-state index contributed by atoms with van der Waals surface area (Å²) in [7, 11) is 0. The van der Waals surface area contributed by atoms with Gasteiger partial charge in [0.2, 0.25) is 0 Å². The van der Waals surface area contributed by atoms with E-state index in [-0.39, 0.29) is 5.56 Å². The average molecular weight is 260 g/mol. The van der Waals surface area contributed by atoms with Crippen LogP contribution in [-0.2, 0) is 4.74 Å². The molecule has 18 heavy (non-hydrogen) atoms. The van der Waals surface area contributed by atoms with Gasteiger partial charge in [-0.1, -0.05) is 0 Å². The summed E-state index contributed by atoms with van der Waals surface area (Å²) in [6.07, 6.45) is -5.62. The number of benzene rings is 1. The van der Waals surface area contributed by atoms with Gasteiger partial charge in [0.05, 0.1) is 6.10 Å². The lowest BCUT2D eigenvalue weighted by Gasteiger charge is -2.21. The van der Waals surface area contributed by atoms with Crippen LogP contribution in [0.25, 0.3) is 0 Å². The van der Waals surface area contributed by atoms with Gasteiger partial charge in [0.1, 0.15) is 36.1 Å². The highest BCUT2D eigenvalue weighted by Gasteiger charge is 2.44. The van der Waals surface area contributed by atoms with Crippen molar-refractivity contribution in [2.75, 3.05) is 0 Å². The Kier molecular flexibility index (Phi) is 3.63. The molecule has 0 radical (unpaired) electrons. The standard InChI is InChI=1S/C12H14F2O4/c1-5-9(15)11(17)12(18-5)10(16)6-2-7(13)4-8(14)3-6/h2-5,9-12,15-17H,1H3/t5-,9-,10+,11-,12+/m0/s1. The highest BCUT2D eigenvalue weighted by atomic mass is 19.1. The lowest BCUT2D eigenvalue weighted by molar-refractivity contribution is -0.0637. The van der Waals surface area contributed by atoms with E-state index in [9.17, 15) is 24.1 Å². The number of aliphatic hydroxyl groups is 3. The summed E-state index contributed by atoms with van der Waals surface area (Å²) < 4.78 is 31.2. The molecule has 4 nitrogen and oxygen atoms in total. The van der Waals surface area contributed by atoms with E-state index in [0.29, 0.717) is 6.07 Å². The molecule has 5 atom stereocenters. The molecule has 0 saturated carbocycles. The van der Waals surface area contributed by atoms with Crippen molar-refractivity contribution in [3.63, 3.8) is 0 Å². The Balaban J connectivity index is 2.23. The number of hydrogen-bond donors (Lipinski definition) is 3. The number of ether oxygens (including phenoxy) is 1. The summed E-state index contributed by atoms with van der Waals surface area (Å²) in [6.45, 7) is 1.53. The summed E-state index contributed by atoms with van der Waals surface area (Å²) in [5, 5.41) is 29.1. The summed E-state index contributed by atoms with van der Waals surface area (Å²) in [5.41, 5.74) is -0.0437. The second-order valence-corrected chi connectivity index (χ2v) is 4.43. The predicted octanol–water partition coefficient (Wildman–Crippen LogP) is 0.507. The van der Waals surface area contributed by atoms with Crippen molar-refractivity contribution in [2.24, 2.45) is 0 Å². The first-order valence-corrected chi connectivity index (χ1v) is 5.56. The van der Waals surface area contributed by atoms with Crippen LogP contribution in [0.5, 0.6) is 0 Å². The summed E-state index contributed by atoms with van der Waals surface area (Å²) in [5.74, 6) is -1.66. The van der Waals surface area contributed by atoms with Gasteiger partial charge >= 0.3 is 0 Å². The van der Waals surface area contributed by atoms with Crippen molar-refractivity contribution in [3.05, 3.63) is 35.4 Å². The molecule has 100 valence electrons. The van der Waals surface area contributed by atoms with Crippen LogP contribution in [0.4, 0.5) is 8.78 Å². The Bertz CT molecular complexity index is 420. The predicted molar refractivity (Wildman–Crippen MR) is 57.7 cm³/mol. The van der Waals surface area contributed by atoms with Gasteiger partial charge in [0, 0.05) is 6.07 Å². The van der Waals surface area contributed by atoms with Crippen LogP contribution in [-0.4, -0.2) is 39.7 Å². The SMILES string of the molecule is C[C@@H]1O[C@H]([C@H](O)c2cc(F)cc(F)c2)[C@@H](O)[C@H]1O. The Labute approximate surface area is 102 Å². The molecular formula is C12H14F2O4. The van der Waals surface area contributed by atoms with Gasteiger partial charge in [-0.3, -0.25) is 0 Å². The Morgan fingerprint density at radius 1 is 1.11 bits per heavy atom. The molecular weight excluding hydrogens is 246 g/mol. The molecule has 0 amide bonds. The zero-order chi connectivity index (χ0) is 13.4. The molecule has 1 aliphatic heterocycles. The van der Waals surface area contributed by atoms with E-state index in [1.807, 2.05) is 0 Å². The molecule has 0 aromatic heterocycles. The molecule has 0 spiro atoms. The first kappa shape index (κ1) is 13.4. The van der Waals surface area contributed by atoms with Crippen molar-refractivity contribution in [2.45, 2.75) is 37.4 Å². The van der Waals surface area contributed by atoms with Gasteiger partial charge in [-0.15, -0.1) is 0 Å². The molecule has 0 unspecified atom stereocenters. The van der Waals surface area contributed by atoms with E-state index in [2.05, 4.69) is 0 Å². The van der Waals surface area contributed by atoms with E-state index in [1.54, 1.807) is 0 Å². The lowest BCUT2D eigenvalue weighted by Crippen LogP contribution is -2.35. The zero-order valence-corrected chi connectivity index (χ0v) is 9.62. The van der Waals surface area contributed by atoms with Crippen molar-refractivity contribution in [1.82, 2.24) is 0 Å². The maximum Gasteiger partial charge on any atom is 0.126 e. The van der Waals surface area contributed by atoms with Crippen molar-refractivity contribution >= 4 is 0 Å². The topological polar surface area (TPSA) is 69.9 Å². The van der Waals surface area contributed by atoms with Gasteiger partial charge in [-0.25, -0.2) is 8.78 Å². The van der Waals surface area contributed by atoms with Gasteiger partial charge in [0.15, 0.2) is 0 Å². The van der Waals surface area contributed by atoms with Crippen molar-refractivity contribution in [1.29, 1.82) is 0 Å². The molecule has 1 heterocycles. The largest absolute Gasteiger partial charge is 0.388 e. The minimum Gasteiger partial charge on any atom is -0.388 e. The molecule has 2 rings (SSSR count). The Morgan fingerprint density at radius 2 is 1.67 bits per heavy atom. The van der Waals surface area contributed by atoms with E-state index in [1.165, 1.54) is 6.92 Å². The van der Waals surface area contributed by atoms with Crippen LogP contribution < -0.4 is 0 Å². The quantitative estimate of drug-likeness (QED) is 0.724. The number of hydrogen-bond acceptors (Lipinski definition) is 4. The zero-order valence-electron chi connectivity index (χ0n) is 9.62. The molecule has 1 saturated heterocycles. The summed E-state index contributed by atoms with van der Waals surface area (Å²) in [4.78, 5) is 0. The maximum absolute atomic E-state index is 13.0. The molecule has 0 bridgehead atoms. The smallest absolute Gasteiger partial charge is 0.126 e. The molecule has 3 N–H and O–H groups in total. The van der Waals surface area contributed by atoms with E-state index >= 15 is 0 Å². The minimum absolute atomic E-state index is 0.0437. The third-order valence-corrected chi connectivity index (χ3v) is 3.08. The van der Waals surface area contributed by atoms with Gasteiger partial charge in [-0.2, -0.15) is 0 Å². The number of rotatable bonds is 2. The molecule has 1 aromatic carbocycles. The monoisotopic (exact) mass is 260 g/mol. The fourth-order valence-electron chi connectivity index (χ4n) is 2.08. The first-order valence-electron chi connectivity index (χ1n) is 5.56. The third-order valence-electron chi connectivity index (χ3n) is 3.08. The third kappa shape index (κ3) is 2.37. The van der Waals surface area contributed by atoms with E-state index in [0.717, 1.165) is 12.1 Å². The van der Waals surface area contributed by atoms with Gasteiger partial charge in [-0.05, 0) is 24.6 Å². The summed E-state index contributed by atoms with van der Waals surface area (Å²) >= 11 is 0. The molecule has 6 heteroatoms. The maximum atomic E-state index is 13.0. The van der Waals surface area contributed by atoms with Gasteiger partial charge in [0.25, 0.3) is 0 Å². The average Bonchev–Trinajstić information content (AvgIpc) is 2.55. The Morgan fingerprint density at radius 3 is 2.11 bits per heavy atom. The normalized spacial score (nSPS) is 33.7. The highest BCUT2D eigenvalue weighted by Crippen LogP contribution is 2.31.